The van der Waals surface area contributed by atoms with Gasteiger partial charge in [-0.1, -0.05) is 28.1 Å². The molecule has 0 bridgehead atoms. The highest BCUT2D eigenvalue weighted by molar-refractivity contribution is 9.08. The number of aromatic nitrogens is 2. The van der Waals surface area contributed by atoms with Gasteiger partial charge in [-0.2, -0.15) is 0 Å². The molecular formula is C11H11BrN2. The number of rotatable bonds is 1. The Balaban J connectivity index is 0.000000146. The monoisotopic (exact) mass is 250 g/mol. The molecule has 2 aromatic heterocycles. The summed E-state index contributed by atoms with van der Waals surface area (Å²) >= 11 is 3.32. The molecular weight excluding hydrogens is 240 g/mol. The van der Waals surface area contributed by atoms with Crippen LogP contribution < -0.4 is 0 Å². The van der Waals surface area contributed by atoms with Crippen molar-refractivity contribution in [2.75, 3.05) is 0 Å². The van der Waals surface area contributed by atoms with Crippen molar-refractivity contribution in [1.82, 2.24) is 9.97 Å². The standard InChI is InChI=1S/C6H6BrN.C5H5N/c7-4-6-2-1-3-8-5-6;1-2-4-6-5-3-1/h1-3,5H,4H2;1-5H. The second-order valence-corrected chi connectivity index (χ2v) is 3.08. The molecule has 0 saturated carbocycles. The second-order valence-electron chi connectivity index (χ2n) is 2.52. The zero-order valence-electron chi connectivity index (χ0n) is 7.68. The van der Waals surface area contributed by atoms with E-state index in [4.69, 9.17) is 0 Å². The van der Waals surface area contributed by atoms with E-state index in [0.717, 1.165) is 5.33 Å². The quantitative estimate of drug-likeness (QED) is 0.728. The van der Waals surface area contributed by atoms with Crippen LogP contribution in [0, 0.1) is 0 Å². The second kappa shape index (κ2) is 7.21. The zero-order valence-corrected chi connectivity index (χ0v) is 9.26. The highest BCUT2D eigenvalue weighted by Crippen LogP contribution is 2.00. The van der Waals surface area contributed by atoms with Gasteiger partial charge in [0, 0.05) is 30.1 Å². The Kier molecular flexibility index (Phi) is 5.59. The van der Waals surface area contributed by atoms with Crippen LogP contribution in [0.1, 0.15) is 5.56 Å². The molecule has 0 saturated heterocycles. The first-order valence-electron chi connectivity index (χ1n) is 4.23. The third kappa shape index (κ3) is 4.72. The first-order chi connectivity index (χ1) is 6.93. The summed E-state index contributed by atoms with van der Waals surface area (Å²) in [7, 11) is 0. The van der Waals surface area contributed by atoms with Crippen LogP contribution in [0.3, 0.4) is 0 Å². The van der Waals surface area contributed by atoms with Gasteiger partial charge in [-0.05, 0) is 23.8 Å². The van der Waals surface area contributed by atoms with E-state index in [1.165, 1.54) is 5.56 Å². The molecule has 0 unspecified atom stereocenters. The molecule has 0 radical (unpaired) electrons. The Labute approximate surface area is 92.2 Å². The minimum Gasteiger partial charge on any atom is -0.265 e. The SMILES string of the molecule is BrCc1cccnc1.c1ccncc1. The molecule has 0 spiro atoms. The average Bonchev–Trinajstić information content (AvgIpc) is 2.33. The molecule has 0 aliphatic heterocycles. The van der Waals surface area contributed by atoms with Gasteiger partial charge in [0.2, 0.25) is 0 Å². The third-order valence-corrected chi connectivity index (χ3v) is 2.09. The van der Waals surface area contributed by atoms with E-state index in [0.29, 0.717) is 0 Å². The Morgan fingerprint density at radius 3 is 1.93 bits per heavy atom. The van der Waals surface area contributed by atoms with E-state index in [1.54, 1.807) is 18.6 Å². The molecule has 0 atom stereocenters. The van der Waals surface area contributed by atoms with Crippen LogP contribution in [0.25, 0.3) is 0 Å². The van der Waals surface area contributed by atoms with Gasteiger partial charge in [-0.3, -0.25) is 9.97 Å². The molecule has 72 valence electrons. The van der Waals surface area contributed by atoms with Crippen molar-refractivity contribution >= 4 is 15.9 Å². The van der Waals surface area contributed by atoms with Crippen LogP contribution >= 0.6 is 15.9 Å². The predicted octanol–water partition coefficient (Wildman–Crippen LogP) is 3.06. The zero-order chi connectivity index (χ0) is 10.1. The van der Waals surface area contributed by atoms with Crippen molar-refractivity contribution < 1.29 is 0 Å². The molecule has 14 heavy (non-hydrogen) atoms. The highest BCUT2D eigenvalue weighted by Gasteiger charge is 1.82. The summed E-state index contributed by atoms with van der Waals surface area (Å²) in [6.07, 6.45) is 7.11. The van der Waals surface area contributed by atoms with Gasteiger partial charge < -0.3 is 0 Å². The Bertz CT molecular complexity index is 297. The maximum absolute atomic E-state index is 3.93. The van der Waals surface area contributed by atoms with Crippen LogP contribution in [0.5, 0.6) is 0 Å². The van der Waals surface area contributed by atoms with Gasteiger partial charge in [0.15, 0.2) is 0 Å². The van der Waals surface area contributed by atoms with E-state index in [-0.39, 0.29) is 0 Å². The number of alkyl halides is 1. The summed E-state index contributed by atoms with van der Waals surface area (Å²) in [6.45, 7) is 0. The number of halogens is 1. The highest BCUT2D eigenvalue weighted by atomic mass is 79.9. The van der Waals surface area contributed by atoms with E-state index < -0.39 is 0 Å². The lowest BCUT2D eigenvalue weighted by Crippen LogP contribution is -1.75. The van der Waals surface area contributed by atoms with Crippen LogP contribution in [-0.2, 0) is 5.33 Å². The molecule has 2 heterocycles. The molecule has 0 aliphatic carbocycles. The number of hydrogen-bond donors (Lipinski definition) is 0. The third-order valence-electron chi connectivity index (χ3n) is 1.44. The fraction of sp³-hybridized carbons (Fsp3) is 0.0909. The lowest BCUT2D eigenvalue weighted by Gasteiger charge is -1.87. The summed E-state index contributed by atoms with van der Waals surface area (Å²) < 4.78 is 0. The first-order valence-corrected chi connectivity index (χ1v) is 5.35. The fourth-order valence-electron chi connectivity index (χ4n) is 0.790. The van der Waals surface area contributed by atoms with E-state index in [2.05, 4.69) is 25.9 Å². The molecule has 2 nitrogen and oxygen atoms in total. The summed E-state index contributed by atoms with van der Waals surface area (Å²) in [6, 6.07) is 9.67. The summed E-state index contributed by atoms with van der Waals surface area (Å²) in [5.74, 6) is 0. The smallest absolute Gasteiger partial charge is 0.0308 e. The number of nitrogens with zero attached hydrogens (tertiary/aromatic N) is 2. The molecule has 0 aromatic carbocycles. The van der Waals surface area contributed by atoms with E-state index in [1.807, 2.05) is 36.5 Å². The van der Waals surface area contributed by atoms with Gasteiger partial charge in [0.05, 0.1) is 0 Å². The minimum atomic E-state index is 0.890. The van der Waals surface area contributed by atoms with Crippen LogP contribution in [0.15, 0.2) is 55.1 Å². The number of hydrogen-bond acceptors (Lipinski definition) is 2. The Morgan fingerprint density at radius 2 is 1.64 bits per heavy atom. The fourth-order valence-corrected chi connectivity index (χ4v) is 1.12. The van der Waals surface area contributed by atoms with Crippen molar-refractivity contribution in [3.63, 3.8) is 0 Å². The molecule has 0 fully saturated rings. The summed E-state index contributed by atoms with van der Waals surface area (Å²) in [5.41, 5.74) is 1.22. The van der Waals surface area contributed by atoms with E-state index in [9.17, 15) is 0 Å². The van der Waals surface area contributed by atoms with Crippen molar-refractivity contribution in [1.29, 1.82) is 0 Å². The van der Waals surface area contributed by atoms with Crippen molar-refractivity contribution in [2.24, 2.45) is 0 Å². The lowest BCUT2D eigenvalue weighted by atomic mass is 10.3. The molecule has 0 aliphatic rings. The van der Waals surface area contributed by atoms with Gasteiger partial charge in [-0.15, -0.1) is 0 Å². The van der Waals surface area contributed by atoms with Crippen molar-refractivity contribution in [2.45, 2.75) is 5.33 Å². The molecule has 0 N–H and O–H groups in total. The molecule has 0 amide bonds. The summed E-state index contributed by atoms with van der Waals surface area (Å²) in [5, 5.41) is 0.890. The minimum absolute atomic E-state index is 0.890. The van der Waals surface area contributed by atoms with Crippen molar-refractivity contribution in [3.05, 3.63) is 60.7 Å². The largest absolute Gasteiger partial charge is 0.265 e. The van der Waals surface area contributed by atoms with Crippen molar-refractivity contribution in [3.8, 4) is 0 Å². The van der Waals surface area contributed by atoms with Gasteiger partial charge in [0.25, 0.3) is 0 Å². The van der Waals surface area contributed by atoms with Gasteiger partial charge in [-0.25, -0.2) is 0 Å². The van der Waals surface area contributed by atoms with Gasteiger partial charge in [0.1, 0.15) is 0 Å². The Morgan fingerprint density at radius 1 is 0.929 bits per heavy atom. The van der Waals surface area contributed by atoms with Crippen LogP contribution in [-0.4, -0.2) is 9.97 Å². The number of pyridine rings is 2. The molecule has 2 rings (SSSR count). The maximum Gasteiger partial charge on any atom is 0.0308 e. The predicted molar refractivity (Wildman–Crippen MR) is 61.1 cm³/mol. The first kappa shape index (κ1) is 10.9. The Hall–Kier alpha value is -1.22. The summed E-state index contributed by atoms with van der Waals surface area (Å²) in [4.78, 5) is 7.71. The lowest BCUT2D eigenvalue weighted by molar-refractivity contribution is 1.26. The average molecular weight is 251 g/mol. The van der Waals surface area contributed by atoms with Gasteiger partial charge >= 0.3 is 0 Å². The maximum atomic E-state index is 3.93. The topological polar surface area (TPSA) is 25.8 Å². The van der Waals surface area contributed by atoms with E-state index >= 15 is 0 Å². The molecule has 2 aromatic rings. The molecule has 3 heteroatoms. The van der Waals surface area contributed by atoms with Crippen LogP contribution in [0.4, 0.5) is 0 Å². The normalized spacial score (nSPS) is 8.64. The van der Waals surface area contributed by atoms with Crippen LogP contribution in [0.2, 0.25) is 0 Å².